The van der Waals surface area contributed by atoms with Crippen molar-refractivity contribution in [1.82, 2.24) is 0 Å². The van der Waals surface area contributed by atoms with E-state index < -0.39 is 0 Å². The number of para-hydroxylation sites is 2. The molecule has 1 fully saturated rings. The van der Waals surface area contributed by atoms with Crippen LogP contribution in [0.25, 0.3) is 0 Å². The van der Waals surface area contributed by atoms with Crippen molar-refractivity contribution in [3.63, 3.8) is 0 Å². The van der Waals surface area contributed by atoms with Crippen molar-refractivity contribution in [2.45, 2.75) is 39.3 Å². The van der Waals surface area contributed by atoms with Gasteiger partial charge in [-0.3, -0.25) is 9.79 Å². The number of aliphatic imine (C=N–C) groups is 1. The summed E-state index contributed by atoms with van der Waals surface area (Å²) in [6.45, 7) is 4.82. The molecule has 0 spiro atoms. The highest BCUT2D eigenvalue weighted by Crippen LogP contribution is 2.45. The molecule has 162 valence electrons. The predicted octanol–water partition coefficient (Wildman–Crippen LogP) is 6.51. The van der Waals surface area contributed by atoms with Gasteiger partial charge in [0.05, 0.1) is 23.3 Å². The Labute approximate surface area is 189 Å². The first-order valence-electron chi connectivity index (χ1n) is 11.2. The van der Waals surface area contributed by atoms with Gasteiger partial charge in [-0.15, -0.1) is 0 Å². The summed E-state index contributed by atoms with van der Waals surface area (Å²) in [6.07, 6.45) is 1.38. The molecule has 4 heteroatoms. The Morgan fingerprint density at radius 3 is 2.59 bits per heavy atom. The van der Waals surface area contributed by atoms with Gasteiger partial charge in [0.2, 0.25) is 0 Å². The zero-order valence-electron chi connectivity index (χ0n) is 18.5. The zero-order chi connectivity index (χ0) is 22.1. The second kappa shape index (κ2) is 8.27. The lowest BCUT2D eigenvalue weighted by Gasteiger charge is -2.37. The lowest BCUT2D eigenvalue weighted by molar-refractivity contribution is -0.124. The van der Waals surface area contributed by atoms with Crippen molar-refractivity contribution in [3.8, 4) is 5.75 Å². The maximum absolute atomic E-state index is 13.4. The third kappa shape index (κ3) is 4.18. The van der Waals surface area contributed by atoms with Gasteiger partial charge in [0.25, 0.3) is 0 Å². The van der Waals surface area contributed by atoms with Gasteiger partial charge < -0.3 is 10.1 Å². The van der Waals surface area contributed by atoms with E-state index in [1.807, 2.05) is 54.6 Å². The number of anilines is 1. The fourth-order valence-electron chi connectivity index (χ4n) is 4.83. The second-order valence-corrected chi connectivity index (χ2v) is 9.55. The van der Waals surface area contributed by atoms with E-state index in [0.717, 1.165) is 40.4 Å². The summed E-state index contributed by atoms with van der Waals surface area (Å²) in [6, 6.07) is 26.1. The minimum absolute atomic E-state index is 0.0725. The second-order valence-electron chi connectivity index (χ2n) is 9.55. The summed E-state index contributed by atoms with van der Waals surface area (Å²) >= 11 is 0. The largest absolute Gasteiger partial charge is 0.489 e. The van der Waals surface area contributed by atoms with Gasteiger partial charge in [-0.25, -0.2) is 0 Å². The average Bonchev–Trinajstić information content (AvgIpc) is 2.94. The molecule has 3 aromatic carbocycles. The first-order valence-corrected chi connectivity index (χ1v) is 11.2. The molecule has 32 heavy (non-hydrogen) atoms. The Morgan fingerprint density at radius 1 is 0.969 bits per heavy atom. The predicted molar refractivity (Wildman–Crippen MR) is 129 cm³/mol. The number of Topliss-reactive ketones (excluding diaryl/α,β-unsaturated/α-hetero) is 1. The molecule has 0 aromatic heterocycles. The van der Waals surface area contributed by atoms with E-state index >= 15 is 0 Å². The summed E-state index contributed by atoms with van der Waals surface area (Å²) in [5.41, 5.74) is 4.93. The van der Waals surface area contributed by atoms with Gasteiger partial charge in [0.1, 0.15) is 18.1 Å². The van der Waals surface area contributed by atoms with Crippen molar-refractivity contribution < 1.29 is 9.53 Å². The molecule has 3 aromatic rings. The van der Waals surface area contributed by atoms with Crippen molar-refractivity contribution in [2.24, 2.45) is 16.3 Å². The molecular weight excluding hydrogens is 396 g/mol. The zero-order valence-corrected chi connectivity index (χ0v) is 18.5. The summed E-state index contributed by atoms with van der Waals surface area (Å²) in [5.74, 6) is 0.772. The summed E-state index contributed by atoms with van der Waals surface area (Å²) in [7, 11) is 0. The Balaban J connectivity index is 1.49. The number of fused-ring (bicyclic) bond motifs is 2. The van der Waals surface area contributed by atoms with Gasteiger partial charge in [0, 0.05) is 12.1 Å². The standard InChI is InChI=1S/C28H28N2O2/c1-28(2)16-24-26(25(31)17-28)27(30-23-14-7-6-13-22(23)29-24)20-11-8-12-21(15-20)32-18-19-9-4-3-5-10-19/h3-15,26-27,30H,16-18H2,1-2H3. The highest BCUT2D eigenvalue weighted by molar-refractivity contribution is 6.10. The van der Waals surface area contributed by atoms with Gasteiger partial charge in [-0.05, 0) is 47.2 Å². The number of hydrogen-bond acceptors (Lipinski definition) is 4. The lowest BCUT2D eigenvalue weighted by atomic mass is 9.68. The van der Waals surface area contributed by atoms with Crippen molar-refractivity contribution >= 4 is 22.9 Å². The van der Waals surface area contributed by atoms with Crippen molar-refractivity contribution in [2.75, 3.05) is 5.32 Å². The van der Waals surface area contributed by atoms with Gasteiger partial charge in [-0.2, -0.15) is 0 Å². The van der Waals surface area contributed by atoms with Gasteiger partial charge in [0.15, 0.2) is 0 Å². The molecule has 0 amide bonds. The monoisotopic (exact) mass is 424 g/mol. The third-order valence-corrected chi connectivity index (χ3v) is 6.30. The van der Waals surface area contributed by atoms with E-state index in [-0.39, 0.29) is 23.2 Å². The Bertz CT molecular complexity index is 1170. The number of hydrogen-bond donors (Lipinski definition) is 1. The molecule has 5 rings (SSSR count). The van der Waals surface area contributed by atoms with Gasteiger partial charge in [-0.1, -0.05) is 68.4 Å². The molecule has 2 aliphatic rings. The normalized spacial score (nSPS) is 21.4. The topological polar surface area (TPSA) is 50.7 Å². The van der Waals surface area contributed by atoms with Crippen LogP contribution < -0.4 is 10.1 Å². The van der Waals surface area contributed by atoms with Crippen LogP contribution in [0.3, 0.4) is 0 Å². The van der Waals surface area contributed by atoms with Gasteiger partial charge >= 0.3 is 0 Å². The van der Waals surface area contributed by atoms with E-state index in [1.54, 1.807) is 0 Å². The van der Waals surface area contributed by atoms with Crippen LogP contribution in [0.2, 0.25) is 0 Å². The molecule has 0 bridgehead atoms. The molecule has 2 unspecified atom stereocenters. The molecule has 1 saturated carbocycles. The maximum Gasteiger partial charge on any atom is 0.144 e. The Kier molecular flexibility index (Phi) is 5.30. The smallest absolute Gasteiger partial charge is 0.144 e. The summed E-state index contributed by atoms with van der Waals surface area (Å²) < 4.78 is 6.08. The van der Waals surface area contributed by atoms with Crippen LogP contribution in [-0.4, -0.2) is 11.5 Å². The number of carbonyl (C=O) groups excluding carboxylic acids is 1. The fraction of sp³-hybridized carbons (Fsp3) is 0.286. The van der Waals surface area contributed by atoms with Crippen LogP contribution in [0.15, 0.2) is 83.9 Å². The number of benzene rings is 3. The molecule has 2 atom stereocenters. The van der Waals surface area contributed by atoms with Crippen LogP contribution in [0.4, 0.5) is 11.4 Å². The van der Waals surface area contributed by atoms with Crippen LogP contribution in [0.1, 0.15) is 43.9 Å². The van der Waals surface area contributed by atoms with Crippen LogP contribution in [-0.2, 0) is 11.4 Å². The number of carbonyl (C=O) groups is 1. The highest BCUT2D eigenvalue weighted by Gasteiger charge is 2.44. The number of nitrogens with one attached hydrogen (secondary N) is 1. The highest BCUT2D eigenvalue weighted by atomic mass is 16.5. The van der Waals surface area contributed by atoms with Crippen LogP contribution in [0, 0.1) is 11.3 Å². The van der Waals surface area contributed by atoms with Crippen molar-refractivity contribution in [3.05, 3.63) is 90.0 Å². The van der Waals surface area contributed by atoms with E-state index in [0.29, 0.717) is 13.0 Å². The Hall–Kier alpha value is -3.40. The average molecular weight is 425 g/mol. The summed E-state index contributed by atoms with van der Waals surface area (Å²) in [4.78, 5) is 18.4. The minimum atomic E-state index is -0.278. The number of ether oxygens (including phenoxy) is 1. The van der Waals surface area contributed by atoms with Crippen LogP contribution >= 0.6 is 0 Å². The van der Waals surface area contributed by atoms with E-state index in [4.69, 9.17) is 9.73 Å². The molecule has 1 aliphatic carbocycles. The minimum Gasteiger partial charge on any atom is -0.489 e. The number of rotatable bonds is 4. The first-order chi connectivity index (χ1) is 15.5. The quantitative estimate of drug-likeness (QED) is 0.519. The third-order valence-electron chi connectivity index (χ3n) is 6.30. The molecule has 1 N–H and O–H groups in total. The molecule has 1 aliphatic heterocycles. The summed E-state index contributed by atoms with van der Waals surface area (Å²) in [5, 5.41) is 3.64. The fourth-order valence-corrected chi connectivity index (χ4v) is 4.83. The first kappa shape index (κ1) is 20.5. The van der Waals surface area contributed by atoms with E-state index in [9.17, 15) is 4.79 Å². The van der Waals surface area contributed by atoms with Crippen LogP contribution in [0.5, 0.6) is 5.75 Å². The van der Waals surface area contributed by atoms with E-state index in [1.165, 1.54) is 0 Å². The molecular formula is C28H28N2O2. The SMILES string of the molecule is CC1(C)CC(=O)C2C(=Nc3ccccc3NC2c2cccc(OCc3ccccc3)c2)C1. The number of ketones is 1. The number of nitrogens with zero attached hydrogens (tertiary/aromatic N) is 1. The van der Waals surface area contributed by atoms with Crippen molar-refractivity contribution in [1.29, 1.82) is 0 Å². The Morgan fingerprint density at radius 2 is 1.75 bits per heavy atom. The van der Waals surface area contributed by atoms with E-state index in [2.05, 4.69) is 43.4 Å². The maximum atomic E-state index is 13.4. The molecule has 0 saturated heterocycles. The lowest BCUT2D eigenvalue weighted by Crippen LogP contribution is -2.42. The molecule has 1 heterocycles. The molecule has 4 nitrogen and oxygen atoms in total. The molecule has 0 radical (unpaired) electrons.